The van der Waals surface area contributed by atoms with Gasteiger partial charge in [0.25, 0.3) is 0 Å². The fraction of sp³-hybridized carbons (Fsp3) is 0.909. The predicted molar refractivity (Wildman–Crippen MR) is 51.0 cm³/mol. The lowest BCUT2D eigenvalue weighted by Crippen LogP contribution is -2.53. The van der Waals surface area contributed by atoms with Crippen LogP contribution in [0.1, 0.15) is 25.7 Å². The summed E-state index contributed by atoms with van der Waals surface area (Å²) in [5.41, 5.74) is 0. The molecule has 3 aliphatic rings. The third-order valence-corrected chi connectivity index (χ3v) is 3.78. The Bertz CT molecular complexity index is 278. The molecule has 1 unspecified atom stereocenters. The molecule has 84 valence electrons. The third kappa shape index (κ3) is 1.35. The summed E-state index contributed by atoms with van der Waals surface area (Å²) >= 11 is 0. The van der Waals surface area contributed by atoms with Gasteiger partial charge in [0.1, 0.15) is 0 Å². The number of ether oxygens (including phenoxy) is 3. The van der Waals surface area contributed by atoms with Crippen molar-refractivity contribution >= 4 is 5.78 Å². The van der Waals surface area contributed by atoms with Gasteiger partial charge in [-0.05, 0) is 12.8 Å². The van der Waals surface area contributed by atoms with E-state index in [-0.39, 0.29) is 24.4 Å². The molecule has 0 aromatic heterocycles. The molecule has 2 heterocycles. The molecule has 1 spiro atoms. The molecule has 1 saturated carbocycles. The number of carbonyl (C=O) groups excluding carboxylic acids is 1. The lowest BCUT2D eigenvalue weighted by molar-refractivity contribution is -0.304. The van der Waals surface area contributed by atoms with Gasteiger partial charge in [-0.3, -0.25) is 4.79 Å². The van der Waals surface area contributed by atoms with Crippen LogP contribution in [0.15, 0.2) is 0 Å². The summed E-state index contributed by atoms with van der Waals surface area (Å²) in [6.45, 7) is 1.32. The molecule has 0 radical (unpaired) electrons. The number of ketones is 1. The maximum Gasteiger partial charge on any atom is 0.236 e. The van der Waals surface area contributed by atoms with E-state index in [1.165, 1.54) is 0 Å². The highest BCUT2D eigenvalue weighted by Crippen LogP contribution is 2.42. The molecule has 3 rings (SSSR count). The minimum atomic E-state index is -0.941. The van der Waals surface area contributed by atoms with Crippen molar-refractivity contribution in [3.63, 3.8) is 0 Å². The van der Waals surface area contributed by atoms with Crippen LogP contribution in [0.25, 0.3) is 0 Å². The second-order valence-corrected chi connectivity index (χ2v) is 4.65. The third-order valence-electron chi connectivity index (χ3n) is 3.78. The molecule has 15 heavy (non-hydrogen) atoms. The summed E-state index contributed by atoms with van der Waals surface area (Å²) in [6, 6.07) is 0. The van der Waals surface area contributed by atoms with Gasteiger partial charge in [-0.15, -0.1) is 0 Å². The highest BCUT2D eigenvalue weighted by Gasteiger charge is 2.57. The second kappa shape index (κ2) is 3.54. The van der Waals surface area contributed by atoms with Gasteiger partial charge in [-0.25, -0.2) is 0 Å². The van der Waals surface area contributed by atoms with Crippen molar-refractivity contribution in [2.45, 2.75) is 31.5 Å². The quantitative estimate of drug-likeness (QED) is 0.603. The molecule has 0 aromatic carbocycles. The Morgan fingerprint density at radius 3 is 2.93 bits per heavy atom. The monoisotopic (exact) mass is 212 g/mol. The Morgan fingerprint density at radius 1 is 1.13 bits per heavy atom. The fourth-order valence-corrected chi connectivity index (χ4v) is 2.90. The Hall–Kier alpha value is -0.450. The first-order chi connectivity index (χ1) is 7.33. The summed E-state index contributed by atoms with van der Waals surface area (Å²) in [4.78, 5) is 12.2. The molecule has 4 heteroatoms. The maximum absolute atomic E-state index is 12.2. The average molecular weight is 212 g/mol. The van der Waals surface area contributed by atoms with Crippen molar-refractivity contribution in [1.29, 1.82) is 0 Å². The van der Waals surface area contributed by atoms with E-state index in [0.717, 1.165) is 25.7 Å². The number of rotatable bonds is 0. The predicted octanol–water partition coefficient (Wildman–Crippen LogP) is 1.09. The van der Waals surface area contributed by atoms with E-state index >= 15 is 0 Å². The minimum Gasteiger partial charge on any atom is -0.355 e. The van der Waals surface area contributed by atoms with Gasteiger partial charge in [-0.2, -0.15) is 0 Å². The van der Waals surface area contributed by atoms with E-state index < -0.39 is 5.79 Å². The van der Waals surface area contributed by atoms with Crippen LogP contribution in [0.5, 0.6) is 0 Å². The lowest BCUT2D eigenvalue weighted by atomic mass is 9.82. The fourth-order valence-electron chi connectivity index (χ4n) is 2.90. The summed E-state index contributed by atoms with van der Waals surface area (Å²) in [6.07, 6.45) is 4.19. The largest absolute Gasteiger partial charge is 0.355 e. The van der Waals surface area contributed by atoms with Crippen LogP contribution >= 0.6 is 0 Å². The van der Waals surface area contributed by atoms with Crippen LogP contribution < -0.4 is 0 Å². The van der Waals surface area contributed by atoms with Gasteiger partial charge in [0.05, 0.1) is 13.2 Å². The SMILES string of the molecule is O=C1C2CCCC[C@@H]3COCO[C@@]13OC2. The molecule has 0 amide bonds. The molecule has 2 aliphatic heterocycles. The van der Waals surface area contributed by atoms with Crippen LogP contribution in [-0.4, -0.2) is 31.6 Å². The van der Waals surface area contributed by atoms with Crippen molar-refractivity contribution in [2.24, 2.45) is 11.8 Å². The zero-order chi connectivity index (χ0) is 10.3. The number of Topliss-reactive ketones (excluding diaryl/α,β-unsaturated/α-hetero) is 1. The molecule has 2 saturated heterocycles. The Labute approximate surface area is 88.9 Å². The average Bonchev–Trinajstić information content (AvgIpc) is 2.60. The van der Waals surface area contributed by atoms with E-state index in [1.807, 2.05) is 0 Å². The Kier molecular flexibility index (Phi) is 2.30. The lowest BCUT2D eigenvalue weighted by Gasteiger charge is -2.39. The van der Waals surface area contributed by atoms with E-state index in [0.29, 0.717) is 13.2 Å². The topological polar surface area (TPSA) is 44.8 Å². The van der Waals surface area contributed by atoms with E-state index in [4.69, 9.17) is 14.2 Å². The Morgan fingerprint density at radius 2 is 2.00 bits per heavy atom. The van der Waals surface area contributed by atoms with E-state index in [2.05, 4.69) is 0 Å². The van der Waals surface area contributed by atoms with E-state index in [9.17, 15) is 4.79 Å². The number of hydrogen-bond donors (Lipinski definition) is 0. The first-order valence-electron chi connectivity index (χ1n) is 5.73. The van der Waals surface area contributed by atoms with Crippen molar-refractivity contribution in [3.05, 3.63) is 0 Å². The molecular weight excluding hydrogens is 196 g/mol. The zero-order valence-corrected chi connectivity index (χ0v) is 8.74. The number of hydrogen-bond acceptors (Lipinski definition) is 4. The van der Waals surface area contributed by atoms with Crippen LogP contribution in [-0.2, 0) is 19.0 Å². The first-order valence-corrected chi connectivity index (χ1v) is 5.73. The highest BCUT2D eigenvalue weighted by atomic mass is 16.8. The summed E-state index contributed by atoms with van der Waals surface area (Å²) in [5.74, 6) is -0.617. The smallest absolute Gasteiger partial charge is 0.236 e. The summed E-state index contributed by atoms with van der Waals surface area (Å²) in [5, 5.41) is 0. The van der Waals surface area contributed by atoms with Gasteiger partial charge in [0.2, 0.25) is 5.79 Å². The molecule has 3 atom stereocenters. The van der Waals surface area contributed by atoms with Crippen LogP contribution in [0.3, 0.4) is 0 Å². The molecular formula is C11H16O4. The molecule has 2 bridgehead atoms. The summed E-state index contributed by atoms with van der Waals surface area (Å²) < 4.78 is 16.5. The molecule has 0 aromatic rings. The van der Waals surface area contributed by atoms with E-state index in [1.54, 1.807) is 0 Å². The highest BCUT2D eigenvalue weighted by molar-refractivity contribution is 5.90. The molecule has 1 aliphatic carbocycles. The van der Waals surface area contributed by atoms with Gasteiger partial charge >= 0.3 is 0 Å². The van der Waals surface area contributed by atoms with Crippen molar-refractivity contribution in [3.8, 4) is 0 Å². The Balaban J connectivity index is 1.93. The standard InChI is InChI=1S/C11H16O4/c12-10-8-3-1-2-4-9-6-13-7-15-11(9,10)14-5-8/h8-9H,1-7H2/t8?,9-,11-/m1/s1. The minimum absolute atomic E-state index is 0.0610. The van der Waals surface area contributed by atoms with Gasteiger partial charge in [-0.1, -0.05) is 12.8 Å². The summed E-state index contributed by atoms with van der Waals surface area (Å²) in [7, 11) is 0. The van der Waals surface area contributed by atoms with Crippen LogP contribution in [0.4, 0.5) is 0 Å². The maximum atomic E-state index is 12.2. The number of fused-ring (bicyclic) bond motifs is 1. The van der Waals surface area contributed by atoms with Gasteiger partial charge in [0, 0.05) is 11.8 Å². The van der Waals surface area contributed by atoms with Gasteiger partial charge < -0.3 is 14.2 Å². The zero-order valence-electron chi connectivity index (χ0n) is 8.74. The number of carbonyl (C=O) groups is 1. The van der Waals surface area contributed by atoms with Crippen molar-refractivity contribution in [1.82, 2.24) is 0 Å². The molecule has 0 N–H and O–H groups in total. The molecule has 4 nitrogen and oxygen atoms in total. The molecule has 3 fully saturated rings. The van der Waals surface area contributed by atoms with Crippen LogP contribution in [0.2, 0.25) is 0 Å². The van der Waals surface area contributed by atoms with Crippen LogP contribution in [0, 0.1) is 11.8 Å². The normalized spacial score (nSPS) is 45.7. The van der Waals surface area contributed by atoms with Crippen molar-refractivity contribution < 1.29 is 19.0 Å². The second-order valence-electron chi connectivity index (χ2n) is 4.65. The van der Waals surface area contributed by atoms with Gasteiger partial charge in [0.15, 0.2) is 12.6 Å². The first kappa shape index (κ1) is 9.75. The van der Waals surface area contributed by atoms with Crippen molar-refractivity contribution in [2.75, 3.05) is 20.0 Å².